The number of alkyl halides is 3. The molecule has 1 N–H and O–H groups in total. The Balaban J connectivity index is 0.00000300. The van der Waals surface area contributed by atoms with Crippen LogP contribution in [0.1, 0.15) is 19.1 Å². The average Bonchev–Trinajstić information content (AvgIpc) is 3.37. The Morgan fingerprint density at radius 3 is 2.66 bits per heavy atom. The number of guanidine groups is 1. The van der Waals surface area contributed by atoms with E-state index in [1.807, 2.05) is 12.1 Å². The summed E-state index contributed by atoms with van der Waals surface area (Å²) in [5.41, 5.74) is 0. The first-order valence-electron chi connectivity index (χ1n) is 9.87. The van der Waals surface area contributed by atoms with Gasteiger partial charge in [-0.1, -0.05) is 0 Å². The molecule has 2 atom stereocenters. The zero-order chi connectivity index (χ0) is 20.0. The highest BCUT2D eigenvalue weighted by Crippen LogP contribution is 2.25. The maximum Gasteiger partial charge on any atom is 0.403 e. The highest BCUT2D eigenvalue weighted by molar-refractivity contribution is 14.0. The van der Waals surface area contributed by atoms with E-state index in [1.165, 1.54) is 11.8 Å². The van der Waals surface area contributed by atoms with E-state index in [2.05, 4.69) is 10.2 Å². The summed E-state index contributed by atoms with van der Waals surface area (Å²) < 4.78 is 49.7. The van der Waals surface area contributed by atoms with E-state index < -0.39 is 12.2 Å². The van der Waals surface area contributed by atoms with Crippen LogP contribution in [-0.2, 0) is 11.2 Å². The van der Waals surface area contributed by atoms with E-state index >= 15 is 0 Å². The molecule has 0 bridgehead atoms. The molecule has 6 nitrogen and oxygen atoms in total. The Labute approximate surface area is 186 Å². The van der Waals surface area contributed by atoms with Gasteiger partial charge >= 0.3 is 6.18 Å². The first-order chi connectivity index (χ1) is 13.4. The van der Waals surface area contributed by atoms with Crippen molar-refractivity contribution >= 4 is 29.9 Å². The molecular formula is C19H30F3IN4O2. The molecule has 10 heteroatoms. The van der Waals surface area contributed by atoms with Crippen LogP contribution in [0.25, 0.3) is 0 Å². The Bertz CT molecular complexity index is 613. The Morgan fingerprint density at radius 1 is 1.31 bits per heavy atom. The molecule has 2 saturated heterocycles. The number of hydrogen-bond acceptors (Lipinski definition) is 4. The van der Waals surface area contributed by atoms with Gasteiger partial charge in [-0.05, 0) is 25.5 Å². The normalized spacial score (nSPS) is 22.4. The van der Waals surface area contributed by atoms with Crippen LogP contribution >= 0.6 is 24.0 Å². The van der Waals surface area contributed by atoms with Crippen LogP contribution in [0.3, 0.4) is 0 Å². The molecule has 3 rings (SSSR count). The molecular weight excluding hydrogens is 500 g/mol. The SMILES string of the molecule is CC(N1CCN(C(=NCC2CCOC2)NCCc2ccco2)CC1)C(F)(F)F.I. The summed E-state index contributed by atoms with van der Waals surface area (Å²) in [6.45, 7) is 5.83. The Kier molecular flexibility index (Phi) is 9.54. The van der Waals surface area contributed by atoms with Gasteiger partial charge < -0.3 is 19.4 Å². The molecule has 29 heavy (non-hydrogen) atoms. The molecule has 0 aromatic carbocycles. The van der Waals surface area contributed by atoms with Gasteiger partial charge in [-0.25, -0.2) is 0 Å². The molecule has 0 spiro atoms. The third-order valence-corrected chi connectivity index (χ3v) is 5.39. The number of halogens is 4. The van der Waals surface area contributed by atoms with E-state index in [4.69, 9.17) is 14.1 Å². The second-order valence-corrected chi connectivity index (χ2v) is 7.39. The second kappa shape index (κ2) is 11.4. The van der Waals surface area contributed by atoms with Crippen molar-refractivity contribution in [1.29, 1.82) is 0 Å². The van der Waals surface area contributed by atoms with Crippen LogP contribution < -0.4 is 5.32 Å². The lowest BCUT2D eigenvalue weighted by molar-refractivity contribution is -0.181. The van der Waals surface area contributed by atoms with Gasteiger partial charge in [0.1, 0.15) is 11.8 Å². The highest BCUT2D eigenvalue weighted by atomic mass is 127. The van der Waals surface area contributed by atoms with Gasteiger partial charge in [0.2, 0.25) is 0 Å². The Morgan fingerprint density at radius 2 is 2.07 bits per heavy atom. The minimum Gasteiger partial charge on any atom is -0.469 e. The molecule has 2 aliphatic rings. The number of rotatable bonds is 6. The van der Waals surface area contributed by atoms with Crippen LogP contribution in [-0.4, -0.2) is 80.5 Å². The molecule has 2 aliphatic heterocycles. The number of aliphatic imine (C=N–C) groups is 1. The number of hydrogen-bond donors (Lipinski definition) is 1. The fraction of sp³-hybridized carbons (Fsp3) is 0.737. The zero-order valence-corrected chi connectivity index (χ0v) is 19.0. The zero-order valence-electron chi connectivity index (χ0n) is 16.7. The molecule has 3 heterocycles. The molecule has 2 unspecified atom stereocenters. The van der Waals surface area contributed by atoms with Gasteiger partial charge in [-0.3, -0.25) is 9.89 Å². The van der Waals surface area contributed by atoms with Crippen molar-refractivity contribution in [2.75, 3.05) is 52.5 Å². The lowest BCUT2D eigenvalue weighted by Gasteiger charge is -2.39. The molecule has 1 aromatic rings. The van der Waals surface area contributed by atoms with Gasteiger partial charge in [0.25, 0.3) is 0 Å². The number of ether oxygens (including phenoxy) is 1. The summed E-state index contributed by atoms with van der Waals surface area (Å²) in [4.78, 5) is 8.29. The van der Waals surface area contributed by atoms with Crippen LogP contribution in [0.4, 0.5) is 13.2 Å². The van der Waals surface area contributed by atoms with Crippen LogP contribution in [0.15, 0.2) is 27.8 Å². The van der Waals surface area contributed by atoms with Crippen molar-refractivity contribution < 1.29 is 22.3 Å². The van der Waals surface area contributed by atoms with Gasteiger partial charge in [-0.15, -0.1) is 24.0 Å². The first kappa shape index (κ1) is 24.3. The Hall–Kier alpha value is -1.01. The minimum absolute atomic E-state index is 0. The average molecular weight is 530 g/mol. The number of piperazine rings is 1. The molecule has 0 amide bonds. The van der Waals surface area contributed by atoms with Crippen LogP contribution in [0.5, 0.6) is 0 Å². The maximum atomic E-state index is 13.0. The minimum atomic E-state index is -4.19. The molecule has 2 fully saturated rings. The van der Waals surface area contributed by atoms with Crippen molar-refractivity contribution in [3.63, 3.8) is 0 Å². The molecule has 166 valence electrons. The van der Waals surface area contributed by atoms with Crippen molar-refractivity contribution in [2.45, 2.75) is 32.0 Å². The van der Waals surface area contributed by atoms with Gasteiger partial charge in [0.15, 0.2) is 5.96 Å². The van der Waals surface area contributed by atoms with E-state index in [0.717, 1.165) is 37.8 Å². The maximum absolute atomic E-state index is 13.0. The van der Waals surface area contributed by atoms with Gasteiger partial charge in [0, 0.05) is 58.2 Å². The van der Waals surface area contributed by atoms with Crippen LogP contribution in [0.2, 0.25) is 0 Å². The first-order valence-corrected chi connectivity index (χ1v) is 9.87. The molecule has 0 aliphatic carbocycles. The van der Waals surface area contributed by atoms with Gasteiger partial charge in [0.05, 0.1) is 12.9 Å². The van der Waals surface area contributed by atoms with E-state index in [1.54, 1.807) is 6.26 Å². The van der Waals surface area contributed by atoms with E-state index in [0.29, 0.717) is 45.2 Å². The fourth-order valence-corrected chi connectivity index (χ4v) is 3.49. The molecule has 1 aromatic heterocycles. The largest absolute Gasteiger partial charge is 0.469 e. The van der Waals surface area contributed by atoms with Crippen molar-refractivity contribution in [2.24, 2.45) is 10.9 Å². The van der Waals surface area contributed by atoms with Crippen molar-refractivity contribution in [3.8, 4) is 0 Å². The lowest BCUT2D eigenvalue weighted by Crippen LogP contribution is -2.57. The number of furan rings is 1. The predicted octanol–water partition coefficient (Wildman–Crippen LogP) is 2.99. The highest BCUT2D eigenvalue weighted by Gasteiger charge is 2.41. The smallest absolute Gasteiger partial charge is 0.403 e. The third-order valence-electron chi connectivity index (χ3n) is 5.39. The van der Waals surface area contributed by atoms with Gasteiger partial charge in [-0.2, -0.15) is 13.2 Å². The van der Waals surface area contributed by atoms with Crippen molar-refractivity contribution in [3.05, 3.63) is 24.2 Å². The quantitative estimate of drug-likeness (QED) is 0.349. The predicted molar refractivity (Wildman–Crippen MR) is 116 cm³/mol. The van der Waals surface area contributed by atoms with Crippen molar-refractivity contribution in [1.82, 2.24) is 15.1 Å². The molecule has 0 radical (unpaired) electrons. The molecule has 0 saturated carbocycles. The van der Waals surface area contributed by atoms with E-state index in [9.17, 15) is 13.2 Å². The third kappa shape index (κ3) is 7.32. The summed E-state index contributed by atoms with van der Waals surface area (Å²) in [7, 11) is 0. The summed E-state index contributed by atoms with van der Waals surface area (Å²) in [5, 5.41) is 3.36. The summed E-state index contributed by atoms with van der Waals surface area (Å²) in [6.07, 6.45) is -0.821. The summed E-state index contributed by atoms with van der Waals surface area (Å²) in [6, 6.07) is 2.36. The number of nitrogens with zero attached hydrogens (tertiary/aromatic N) is 3. The fourth-order valence-electron chi connectivity index (χ4n) is 3.49. The van der Waals surface area contributed by atoms with E-state index in [-0.39, 0.29) is 24.0 Å². The second-order valence-electron chi connectivity index (χ2n) is 7.39. The number of nitrogens with one attached hydrogen (secondary N) is 1. The van der Waals surface area contributed by atoms with Crippen LogP contribution in [0, 0.1) is 5.92 Å². The monoisotopic (exact) mass is 530 g/mol. The standard InChI is InChI=1S/C19H29F3N4O2.HI/c1-15(19(20,21)22)25-7-9-26(10-8-25)18(24-13-16-5-12-27-14-16)23-6-4-17-3-2-11-28-17;/h2-3,11,15-16H,4-10,12-14H2,1H3,(H,23,24);1H. The topological polar surface area (TPSA) is 53.2 Å². The lowest BCUT2D eigenvalue weighted by atomic mass is 10.1. The summed E-state index contributed by atoms with van der Waals surface area (Å²) >= 11 is 0. The summed E-state index contributed by atoms with van der Waals surface area (Å²) in [5.74, 6) is 2.06.